The maximum absolute atomic E-state index is 5.67. The smallest absolute Gasteiger partial charge is 0.142 e. The largest absolute Gasteiger partial charge is 0.330 e. The molecule has 0 aliphatic heterocycles. The highest BCUT2D eigenvalue weighted by molar-refractivity contribution is 5.24. The first-order chi connectivity index (χ1) is 7.93. The van der Waals surface area contributed by atoms with Crippen molar-refractivity contribution in [3.05, 3.63) is 22.8 Å². The standard InChI is InChI=1S/C13H24N4/c1-9(7-14)6-12-10(2)15-13(8-17(4)5)16-11(12)3/h9H,6-8,14H2,1-5H3. The van der Waals surface area contributed by atoms with Crippen molar-refractivity contribution in [3.63, 3.8) is 0 Å². The van der Waals surface area contributed by atoms with Gasteiger partial charge in [-0.05, 0) is 52.4 Å². The minimum Gasteiger partial charge on any atom is -0.330 e. The fraction of sp³-hybridized carbons (Fsp3) is 0.692. The molecule has 0 radical (unpaired) electrons. The van der Waals surface area contributed by atoms with Crippen LogP contribution in [0.25, 0.3) is 0 Å². The number of nitrogens with two attached hydrogens (primary N) is 1. The molecule has 1 heterocycles. The summed E-state index contributed by atoms with van der Waals surface area (Å²) in [5.41, 5.74) is 9.11. The molecule has 1 rings (SSSR count). The Morgan fingerprint density at radius 3 is 2.12 bits per heavy atom. The minimum absolute atomic E-state index is 0.482. The molecule has 1 aromatic heterocycles. The highest BCUT2D eigenvalue weighted by atomic mass is 15.1. The summed E-state index contributed by atoms with van der Waals surface area (Å²) in [5.74, 6) is 1.38. The Morgan fingerprint density at radius 2 is 1.71 bits per heavy atom. The normalized spacial score (nSPS) is 13.1. The van der Waals surface area contributed by atoms with E-state index >= 15 is 0 Å². The van der Waals surface area contributed by atoms with E-state index in [0.29, 0.717) is 12.5 Å². The van der Waals surface area contributed by atoms with Crippen molar-refractivity contribution in [2.75, 3.05) is 20.6 Å². The van der Waals surface area contributed by atoms with Gasteiger partial charge in [-0.15, -0.1) is 0 Å². The van der Waals surface area contributed by atoms with E-state index in [4.69, 9.17) is 5.73 Å². The Bertz CT molecular complexity index is 351. The molecule has 0 amide bonds. The van der Waals surface area contributed by atoms with E-state index in [2.05, 4.69) is 35.6 Å². The van der Waals surface area contributed by atoms with Gasteiger partial charge in [0.25, 0.3) is 0 Å². The Kier molecular flexibility index (Phi) is 5.02. The lowest BCUT2D eigenvalue weighted by Gasteiger charge is -2.15. The van der Waals surface area contributed by atoms with Crippen LogP contribution in [-0.2, 0) is 13.0 Å². The first kappa shape index (κ1) is 14.1. The Balaban J connectivity index is 2.94. The number of hydrogen-bond donors (Lipinski definition) is 1. The van der Waals surface area contributed by atoms with Gasteiger partial charge in [0.15, 0.2) is 0 Å². The fourth-order valence-electron chi connectivity index (χ4n) is 1.89. The van der Waals surface area contributed by atoms with Crippen LogP contribution in [-0.4, -0.2) is 35.5 Å². The predicted molar refractivity (Wildman–Crippen MR) is 70.8 cm³/mol. The maximum Gasteiger partial charge on any atom is 0.142 e. The van der Waals surface area contributed by atoms with E-state index in [1.54, 1.807) is 0 Å². The van der Waals surface area contributed by atoms with Crippen molar-refractivity contribution in [1.29, 1.82) is 0 Å². The van der Waals surface area contributed by atoms with Crippen molar-refractivity contribution in [3.8, 4) is 0 Å². The highest BCUT2D eigenvalue weighted by Crippen LogP contribution is 2.15. The molecule has 0 saturated heterocycles. The molecule has 0 aromatic carbocycles. The molecule has 2 N–H and O–H groups in total. The van der Waals surface area contributed by atoms with Crippen molar-refractivity contribution in [1.82, 2.24) is 14.9 Å². The summed E-state index contributed by atoms with van der Waals surface area (Å²) < 4.78 is 0. The average Bonchev–Trinajstić information content (AvgIpc) is 2.22. The summed E-state index contributed by atoms with van der Waals surface area (Å²) in [4.78, 5) is 11.2. The molecule has 1 atom stereocenters. The Hall–Kier alpha value is -1.00. The molecule has 0 aliphatic carbocycles. The third-order valence-electron chi connectivity index (χ3n) is 2.88. The maximum atomic E-state index is 5.67. The monoisotopic (exact) mass is 236 g/mol. The lowest BCUT2D eigenvalue weighted by Crippen LogP contribution is -2.18. The van der Waals surface area contributed by atoms with Gasteiger partial charge < -0.3 is 10.6 Å². The van der Waals surface area contributed by atoms with E-state index in [1.165, 1.54) is 5.56 Å². The van der Waals surface area contributed by atoms with Crippen LogP contribution in [0.3, 0.4) is 0 Å². The van der Waals surface area contributed by atoms with Crippen LogP contribution in [0.5, 0.6) is 0 Å². The highest BCUT2D eigenvalue weighted by Gasteiger charge is 2.11. The molecule has 96 valence electrons. The number of nitrogens with zero attached hydrogens (tertiary/aromatic N) is 3. The van der Waals surface area contributed by atoms with Gasteiger partial charge >= 0.3 is 0 Å². The number of aromatic nitrogens is 2. The van der Waals surface area contributed by atoms with Gasteiger partial charge in [0.05, 0.1) is 6.54 Å². The molecular weight excluding hydrogens is 212 g/mol. The van der Waals surface area contributed by atoms with E-state index < -0.39 is 0 Å². The number of aryl methyl sites for hydroxylation is 2. The van der Waals surface area contributed by atoms with Gasteiger partial charge in [-0.3, -0.25) is 0 Å². The summed E-state index contributed by atoms with van der Waals surface area (Å²) in [6, 6.07) is 0. The molecule has 0 bridgehead atoms. The van der Waals surface area contributed by atoms with Gasteiger partial charge in [-0.25, -0.2) is 9.97 Å². The van der Waals surface area contributed by atoms with E-state index in [-0.39, 0.29) is 0 Å². The molecule has 17 heavy (non-hydrogen) atoms. The Labute approximate surface area is 104 Å². The zero-order chi connectivity index (χ0) is 13.0. The molecular formula is C13H24N4. The first-order valence-corrected chi connectivity index (χ1v) is 6.11. The quantitative estimate of drug-likeness (QED) is 0.837. The van der Waals surface area contributed by atoms with Crippen LogP contribution in [0.15, 0.2) is 0 Å². The Morgan fingerprint density at radius 1 is 1.18 bits per heavy atom. The topological polar surface area (TPSA) is 55.0 Å². The van der Waals surface area contributed by atoms with Gasteiger partial charge in [0.2, 0.25) is 0 Å². The van der Waals surface area contributed by atoms with Gasteiger partial charge in [-0.1, -0.05) is 6.92 Å². The van der Waals surface area contributed by atoms with Crippen LogP contribution in [0, 0.1) is 19.8 Å². The van der Waals surface area contributed by atoms with Crippen LogP contribution in [0.4, 0.5) is 0 Å². The SMILES string of the molecule is Cc1nc(CN(C)C)nc(C)c1CC(C)CN. The second-order valence-electron chi connectivity index (χ2n) is 5.07. The van der Waals surface area contributed by atoms with Crippen molar-refractivity contribution < 1.29 is 0 Å². The lowest BCUT2D eigenvalue weighted by molar-refractivity contribution is 0.389. The molecule has 1 aromatic rings. The average molecular weight is 236 g/mol. The van der Waals surface area contributed by atoms with Crippen LogP contribution < -0.4 is 5.73 Å². The summed E-state index contributed by atoms with van der Waals surface area (Å²) >= 11 is 0. The second kappa shape index (κ2) is 6.07. The third kappa shape index (κ3) is 4.06. The van der Waals surface area contributed by atoms with Crippen LogP contribution in [0.2, 0.25) is 0 Å². The molecule has 1 unspecified atom stereocenters. The second-order valence-corrected chi connectivity index (χ2v) is 5.07. The summed E-state index contributed by atoms with van der Waals surface area (Å²) in [5, 5.41) is 0. The predicted octanol–water partition coefficient (Wildman–Crippen LogP) is 1.29. The third-order valence-corrected chi connectivity index (χ3v) is 2.88. The minimum atomic E-state index is 0.482. The zero-order valence-corrected chi connectivity index (χ0v) is 11.6. The van der Waals surface area contributed by atoms with Crippen LogP contribution in [0.1, 0.15) is 29.7 Å². The van der Waals surface area contributed by atoms with Crippen molar-refractivity contribution >= 4 is 0 Å². The molecule has 0 spiro atoms. The first-order valence-electron chi connectivity index (χ1n) is 6.11. The van der Waals surface area contributed by atoms with E-state index in [1.807, 2.05) is 14.1 Å². The summed E-state index contributed by atoms with van der Waals surface area (Å²) in [6.45, 7) is 7.78. The molecule has 4 nitrogen and oxygen atoms in total. The zero-order valence-electron chi connectivity index (χ0n) is 11.6. The molecule has 0 fully saturated rings. The van der Waals surface area contributed by atoms with Crippen LogP contribution >= 0.6 is 0 Å². The summed E-state index contributed by atoms with van der Waals surface area (Å²) in [7, 11) is 4.05. The van der Waals surface area contributed by atoms with Crippen molar-refractivity contribution in [2.24, 2.45) is 11.7 Å². The van der Waals surface area contributed by atoms with E-state index in [0.717, 1.165) is 30.2 Å². The number of hydrogen-bond acceptors (Lipinski definition) is 4. The van der Waals surface area contributed by atoms with Gasteiger partial charge in [0, 0.05) is 11.4 Å². The molecule has 0 aliphatic rings. The summed E-state index contributed by atoms with van der Waals surface area (Å²) in [6.07, 6.45) is 0.969. The van der Waals surface area contributed by atoms with E-state index in [9.17, 15) is 0 Å². The molecule has 0 saturated carbocycles. The fourth-order valence-corrected chi connectivity index (χ4v) is 1.89. The number of rotatable bonds is 5. The van der Waals surface area contributed by atoms with Gasteiger partial charge in [-0.2, -0.15) is 0 Å². The van der Waals surface area contributed by atoms with Gasteiger partial charge in [0.1, 0.15) is 5.82 Å². The molecule has 4 heteroatoms. The van der Waals surface area contributed by atoms with Crippen molar-refractivity contribution in [2.45, 2.75) is 33.7 Å². The lowest BCUT2D eigenvalue weighted by atomic mass is 9.99.